The summed E-state index contributed by atoms with van der Waals surface area (Å²) in [5.74, 6) is 2.46. The Bertz CT molecular complexity index is 1020. The number of imidazole rings is 1. The van der Waals surface area contributed by atoms with Crippen LogP contribution in [0.2, 0.25) is 0 Å². The summed E-state index contributed by atoms with van der Waals surface area (Å²) >= 11 is 0. The van der Waals surface area contributed by atoms with Gasteiger partial charge in [0, 0.05) is 0 Å². The fourth-order valence-corrected chi connectivity index (χ4v) is 3.43. The van der Waals surface area contributed by atoms with Crippen molar-refractivity contribution in [2.24, 2.45) is 11.8 Å². The van der Waals surface area contributed by atoms with Crippen LogP contribution in [0.15, 0.2) is 67.3 Å². The predicted octanol–water partition coefficient (Wildman–Crippen LogP) is 2.56. The number of hydrogen-bond acceptors (Lipinski definition) is 3. The molecule has 2 aromatic carbocycles. The Morgan fingerprint density at radius 2 is 1.62 bits per heavy atom. The number of ketones is 1. The summed E-state index contributed by atoms with van der Waals surface area (Å²) in [5.41, 5.74) is 1.79. The van der Waals surface area contributed by atoms with Crippen molar-refractivity contribution >= 4 is 5.78 Å². The molecular formula is C28H37BrN2O3. The van der Waals surface area contributed by atoms with Gasteiger partial charge in [-0.25, -0.2) is 9.13 Å². The highest BCUT2D eigenvalue weighted by atomic mass is 79.9. The van der Waals surface area contributed by atoms with Gasteiger partial charge in [0.05, 0.1) is 18.8 Å². The van der Waals surface area contributed by atoms with Crippen molar-refractivity contribution in [1.82, 2.24) is 4.57 Å². The monoisotopic (exact) mass is 528 g/mol. The van der Waals surface area contributed by atoms with Crippen molar-refractivity contribution in [3.63, 3.8) is 0 Å². The lowest BCUT2D eigenvalue weighted by Gasteiger charge is -2.14. The summed E-state index contributed by atoms with van der Waals surface area (Å²) in [7, 11) is 0. The Hall–Kier alpha value is -2.60. The normalized spacial score (nSPS) is 10.9. The third-order valence-corrected chi connectivity index (χ3v) is 5.45. The molecule has 0 aliphatic rings. The first kappa shape index (κ1) is 27.6. The van der Waals surface area contributed by atoms with E-state index < -0.39 is 0 Å². The van der Waals surface area contributed by atoms with Gasteiger partial charge in [0.1, 0.15) is 30.4 Å². The predicted molar refractivity (Wildman–Crippen MR) is 131 cm³/mol. The highest BCUT2D eigenvalue weighted by Crippen LogP contribution is 2.26. The van der Waals surface area contributed by atoms with E-state index in [1.165, 1.54) is 5.56 Å². The Kier molecular flexibility index (Phi) is 11.3. The van der Waals surface area contributed by atoms with Crippen LogP contribution in [-0.2, 0) is 13.1 Å². The molecule has 0 aliphatic carbocycles. The minimum atomic E-state index is 0. The molecule has 0 amide bonds. The quantitative estimate of drug-likeness (QED) is 0.253. The van der Waals surface area contributed by atoms with Crippen molar-refractivity contribution in [1.29, 1.82) is 0 Å². The SMILES string of the molecule is CC(C)CCOc1ccc(OCCC(C)C)c(C(=O)Cn2cc[n+](Cc3ccccc3)c2)c1.[Br-]. The maximum Gasteiger partial charge on any atom is 0.244 e. The molecule has 0 bridgehead atoms. The van der Waals surface area contributed by atoms with Gasteiger partial charge in [0.25, 0.3) is 0 Å². The second kappa shape index (κ2) is 14.0. The number of carbonyl (C=O) groups is 1. The molecule has 6 heteroatoms. The molecule has 0 radical (unpaired) electrons. The third kappa shape index (κ3) is 8.98. The molecule has 1 aromatic heterocycles. The largest absolute Gasteiger partial charge is 1.00 e. The van der Waals surface area contributed by atoms with Gasteiger partial charge < -0.3 is 26.5 Å². The van der Waals surface area contributed by atoms with Crippen LogP contribution >= 0.6 is 0 Å². The molecule has 0 atom stereocenters. The van der Waals surface area contributed by atoms with Crippen molar-refractivity contribution in [3.8, 4) is 11.5 Å². The summed E-state index contributed by atoms with van der Waals surface area (Å²) in [6.45, 7) is 10.9. The standard InChI is InChI=1S/C28H37N2O3.BrH/c1-22(2)12-16-32-25-10-11-28(33-17-13-23(3)4)26(18-25)27(31)20-30-15-14-29(21-30)19-24-8-6-5-7-9-24;/h5-11,14-15,18,21-23H,12-13,16-17,19-20H2,1-4H3;1H/q+1;/p-1. The summed E-state index contributed by atoms with van der Waals surface area (Å²) in [6.07, 6.45) is 7.81. The third-order valence-electron chi connectivity index (χ3n) is 5.45. The van der Waals surface area contributed by atoms with Crippen LogP contribution in [0, 0.1) is 11.8 Å². The van der Waals surface area contributed by atoms with Crippen LogP contribution in [0.25, 0.3) is 0 Å². The average molecular weight is 530 g/mol. The smallest absolute Gasteiger partial charge is 0.244 e. The van der Waals surface area contributed by atoms with Gasteiger partial charge in [-0.05, 0) is 48.4 Å². The number of ether oxygens (including phenoxy) is 2. The first-order valence-corrected chi connectivity index (χ1v) is 11.9. The van der Waals surface area contributed by atoms with E-state index in [-0.39, 0.29) is 29.3 Å². The van der Waals surface area contributed by atoms with Gasteiger partial charge in [0.15, 0.2) is 6.54 Å². The number of rotatable bonds is 13. The van der Waals surface area contributed by atoms with E-state index >= 15 is 0 Å². The number of Topliss-reactive ketones (excluding diaryl/α,β-unsaturated/α-hetero) is 1. The fraction of sp³-hybridized carbons (Fsp3) is 0.429. The van der Waals surface area contributed by atoms with Gasteiger partial charge in [-0.3, -0.25) is 4.79 Å². The van der Waals surface area contributed by atoms with E-state index in [1.54, 1.807) is 0 Å². The Labute approximate surface area is 214 Å². The molecule has 34 heavy (non-hydrogen) atoms. The van der Waals surface area contributed by atoms with E-state index in [1.807, 2.05) is 59.7 Å². The molecule has 184 valence electrons. The van der Waals surface area contributed by atoms with Gasteiger partial charge in [-0.1, -0.05) is 58.0 Å². The minimum Gasteiger partial charge on any atom is -1.00 e. The van der Waals surface area contributed by atoms with Crippen LogP contribution in [0.5, 0.6) is 11.5 Å². The number of carbonyl (C=O) groups excluding carboxylic acids is 1. The maximum atomic E-state index is 13.3. The molecular weight excluding hydrogens is 492 g/mol. The van der Waals surface area contributed by atoms with Crippen molar-refractivity contribution < 1.29 is 35.8 Å². The minimum absolute atomic E-state index is 0. The number of aromatic nitrogens is 2. The van der Waals surface area contributed by atoms with Crippen molar-refractivity contribution in [2.45, 2.75) is 53.6 Å². The number of hydrogen-bond donors (Lipinski definition) is 0. The molecule has 3 rings (SSSR count). The van der Waals surface area contributed by atoms with E-state index in [0.29, 0.717) is 42.1 Å². The summed E-state index contributed by atoms with van der Waals surface area (Å²) in [4.78, 5) is 13.3. The molecule has 0 aliphatic heterocycles. The molecule has 1 heterocycles. The van der Waals surface area contributed by atoms with E-state index in [2.05, 4.69) is 44.4 Å². The lowest BCUT2D eigenvalue weighted by atomic mass is 10.1. The zero-order chi connectivity index (χ0) is 23.6. The molecule has 0 spiro atoms. The van der Waals surface area contributed by atoms with Crippen molar-refractivity contribution in [2.75, 3.05) is 13.2 Å². The lowest BCUT2D eigenvalue weighted by molar-refractivity contribution is -0.687. The van der Waals surface area contributed by atoms with Gasteiger partial charge >= 0.3 is 0 Å². The highest BCUT2D eigenvalue weighted by Gasteiger charge is 2.18. The van der Waals surface area contributed by atoms with E-state index in [9.17, 15) is 4.79 Å². The van der Waals surface area contributed by atoms with E-state index in [0.717, 1.165) is 19.4 Å². The number of halogens is 1. The molecule has 5 nitrogen and oxygen atoms in total. The molecule has 0 saturated carbocycles. The molecule has 0 N–H and O–H groups in total. The van der Waals surface area contributed by atoms with Crippen LogP contribution < -0.4 is 31.0 Å². The molecule has 0 fully saturated rings. The topological polar surface area (TPSA) is 44.3 Å². The van der Waals surface area contributed by atoms with Crippen LogP contribution in [0.3, 0.4) is 0 Å². The van der Waals surface area contributed by atoms with Gasteiger partial charge in [-0.2, -0.15) is 0 Å². The molecule has 0 unspecified atom stereocenters. The zero-order valence-corrected chi connectivity index (χ0v) is 22.3. The summed E-state index contributed by atoms with van der Waals surface area (Å²) in [5, 5.41) is 0. The average Bonchev–Trinajstić information content (AvgIpc) is 3.21. The summed E-state index contributed by atoms with van der Waals surface area (Å²) < 4.78 is 15.9. The van der Waals surface area contributed by atoms with Crippen molar-refractivity contribution in [3.05, 3.63) is 78.4 Å². The maximum absolute atomic E-state index is 13.3. The Morgan fingerprint density at radius 3 is 2.29 bits per heavy atom. The van der Waals surface area contributed by atoms with Crippen LogP contribution in [-0.4, -0.2) is 23.6 Å². The van der Waals surface area contributed by atoms with E-state index in [4.69, 9.17) is 9.47 Å². The number of nitrogens with zero attached hydrogens (tertiary/aromatic N) is 2. The second-order valence-electron chi connectivity index (χ2n) is 9.39. The van der Waals surface area contributed by atoms with Gasteiger partial charge in [0.2, 0.25) is 12.1 Å². The van der Waals surface area contributed by atoms with Crippen LogP contribution in [0.1, 0.15) is 56.5 Å². The Balaban J connectivity index is 0.00000408. The fourth-order valence-electron chi connectivity index (χ4n) is 3.43. The first-order valence-electron chi connectivity index (χ1n) is 11.9. The molecule has 0 saturated heterocycles. The first-order chi connectivity index (χ1) is 15.9. The Morgan fingerprint density at radius 1 is 0.941 bits per heavy atom. The lowest BCUT2D eigenvalue weighted by Crippen LogP contribution is -3.00. The second-order valence-corrected chi connectivity index (χ2v) is 9.39. The summed E-state index contributed by atoms with van der Waals surface area (Å²) in [6, 6.07) is 15.9. The van der Waals surface area contributed by atoms with Gasteiger partial charge in [-0.15, -0.1) is 0 Å². The highest BCUT2D eigenvalue weighted by molar-refractivity contribution is 5.98. The number of benzene rings is 2. The zero-order valence-electron chi connectivity index (χ0n) is 20.7. The molecule has 3 aromatic rings. The van der Waals surface area contributed by atoms with Crippen LogP contribution in [0.4, 0.5) is 0 Å².